The Hall–Kier alpha value is -4.16. The molecule has 44 heavy (non-hydrogen) atoms. The highest BCUT2D eigenvalue weighted by atomic mass is 35.5. The number of amides is 1. The van der Waals surface area contributed by atoms with Gasteiger partial charge in [0, 0.05) is 25.3 Å². The van der Waals surface area contributed by atoms with Crippen molar-refractivity contribution < 1.29 is 45.0 Å². The van der Waals surface area contributed by atoms with Gasteiger partial charge in [0.15, 0.2) is 0 Å². The Morgan fingerprint density at radius 2 is 1.48 bits per heavy atom. The van der Waals surface area contributed by atoms with Crippen LogP contribution in [0.15, 0.2) is 91.1 Å². The molecule has 3 aromatic carbocycles. The summed E-state index contributed by atoms with van der Waals surface area (Å²) in [5.41, 5.74) is -8.65. The molecule has 0 aliphatic carbocycles. The van der Waals surface area contributed by atoms with Crippen LogP contribution in [0, 0.1) is 5.82 Å². The Labute approximate surface area is 252 Å². The van der Waals surface area contributed by atoms with Crippen molar-refractivity contribution in [2.45, 2.75) is 29.9 Å². The molecule has 0 radical (unpaired) electrons. The van der Waals surface area contributed by atoms with Crippen LogP contribution < -0.4 is 10.1 Å². The van der Waals surface area contributed by atoms with Gasteiger partial charge in [0.05, 0.1) is 23.4 Å². The fourth-order valence-corrected chi connectivity index (χ4v) is 5.10. The highest BCUT2D eigenvalue weighted by Crippen LogP contribution is 2.45. The van der Waals surface area contributed by atoms with Crippen LogP contribution in [0.4, 0.5) is 30.7 Å². The SMILES string of the molecule is COc1ccccc1C[C@](NC(=O)[C@@](OC)(c1ccccc1)C(F)(F)F)(c1cc(F)cc(C(F)(F)F)c1)c1ccc(Cl)cn1. The number of methoxy groups -OCH3 is 2. The van der Waals surface area contributed by atoms with E-state index in [1.54, 1.807) is 12.1 Å². The second-order valence-corrected chi connectivity index (χ2v) is 10.1. The number of hydrogen-bond acceptors (Lipinski definition) is 4. The summed E-state index contributed by atoms with van der Waals surface area (Å²) in [6.45, 7) is 0. The molecule has 0 fully saturated rings. The lowest BCUT2D eigenvalue weighted by atomic mass is 9.78. The number of hydrogen-bond donors (Lipinski definition) is 1. The summed E-state index contributed by atoms with van der Waals surface area (Å²) in [5.74, 6) is -2.98. The fraction of sp³-hybridized carbons (Fsp3) is 0.226. The minimum absolute atomic E-state index is 0.0762. The van der Waals surface area contributed by atoms with Crippen LogP contribution in [0.1, 0.15) is 27.9 Å². The molecule has 0 bridgehead atoms. The molecule has 0 saturated heterocycles. The zero-order valence-electron chi connectivity index (χ0n) is 23.1. The first kappa shape index (κ1) is 32.7. The van der Waals surface area contributed by atoms with E-state index in [9.17, 15) is 35.5 Å². The zero-order valence-corrected chi connectivity index (χ0v) is 23.8. The van der Waals surface area contributed by atoms with E-state index in [1.165, 1.54) is 49.6 Å². The summed E-state index contributed by atoms with van der Waals surface area (Å²) < 4.78 is 112. The zero-order chi connectivity index (χ0) is 32.3. The van der Waals surface area contributed by atoms with Crippen molar-refractivity contribution in [2.24, 2.45) is 0 Å². The monoisotopic (exact) mass is 640 g/mol. The quantitative estimate of drug-likeness (QED) is 0.191. The number of aromatic nitrogens is 1. The Bertz CT molecular complexity index is 1620. The Morgan fingerprint density at radius 3 is 2.05 bits per heavy atom. The fourth-order valence-electron chi connectivity index (χ4n) is 4.99. The first-order valence-corrected chi connectivity index (χ1v) is 13.2. The molecule has 2 atom stereocenters. The molecule has 13 heteroatoms. The summed E-state index contributed by atoms with van der Waals surface area (Å²) in [5, 5.41) is 2.38. The highest BCUT2D eigenvalue weighted by molar-refractivity contribution is 6.30. The standard InChI is InChI=1S/C31H24ClF7N2O3/c1-43-25-11-7-6-8-19(25)17-28(26-13-12-23(32)18-40-26,21-14-22(30(34,35)36)16-24(33)15-21)41-27(42)29(44-2,31(37,38)39)20-9-4-3-5-10-20/h3-16,18H,17H2,1-2H3,(H,41,42)/t28-,29-/m0/s1. The normalized spacial score (nSPS) is 14.8. The van der Waals surface area contributed by atoms with E-state index in [1.807, 2.05) is 0 Å². The van der Waals surface area contributed by atoms with E-state index in [0.29, 0.717) is 19.2 Å². The van der Waals surface area contributed by atoms with E-state index in [-0.39, 0.29) is 28.1 Å². The lowest BCUT2D eigenvalue weighted by Crippen LogP contribution is -2.61. The maximum Gasteiger partial charge on any atom is 0.430 e. The molecule has 4 rings (SSSR count). The van der Waals surface area contributed by atoms with Gasteiger partial charge in [-0.05, 0) is 47.5 Å². The van der Waals surface area contributed by atoms with Crippen LogP contribution in [0.3, 0.4) is 0 Å². The van der Waals surface area contributed by atoms with E-state index < -0.39 is 58.3 Å². The third kappa shape index (κ3) is 6.22. The molecule has 0 aliphatic heterocycles. The number of carbonyl (C=O) groups is 1. The number of para-hydroxylation sites is 1. The minimum atomic E-state index is -5.38. The van der Waals surface area contributed by atoms with Crippen LogP contribution in [-0.2, 0) is 33.3 Å². The first-order valence-electron chi connectivity index (χ1n) is 12.8. The van der Waals surface area contributed by atoms with Crippen molar-refractivity contribution >= 4 is 17.5 Å². The van der Waals surface area contributed by atoms with Gasteiger partial charge in [-0.15, -0.1) is 0 Å². The molecule has 0 aliphatic rings. The van der Waals surface area contributed by atoms with E-state index in [0.717, 1.165) is 18.3 Å². The first-order chi connectivity index (χ1) is 20.7. The Kier molecular flexibility index (Phi) is 9.26. The molecular weight excluding hydrogens is 617 g/mol. The summed E-state index contributed by atoms with van der Waals surface area (Å²) in [6, 6.07) is 16.0. The second kappa shape index (κ2) is 12.4. The number of halogens is 8. The van der Waals surface area contributed by atoms with Crippen molar-refractivity contribution in [1.29, 1.82) is 0 Å². The van der Waals surface area contributed by atoms with E-state index >= 15 is 0 Å². The lowest BCUT2D eigenvalue weighted by Gasteiger charge is -2.40. The number of pyridine rings is 1. The average molecular weight is 641 g/mol. The lowest BCUT2D eigenvalue weighted by molar-refractivity contribution is -0.266. The van der Waals surface area contributed by atoms with Crippen molar-refractivity contribution in [3.63, 3.8) is 0 Å². The molecule has 1 aromatic heterocycles. The number of alkyl halides is 6. The molecule has 1 heterocycles. The van der Waals surface area contributed by atoms with Crippen LogP contribution in [0.5, 0.6) is 5.75 Å². The molecular formula is C31H24ClF7N2O3. The molecule has 1 N–H and O–H groups in total. The molecule has 1 amide bonds. The van der Waals surface area contributed by atoms with Crippen LogP contribution >= 0.6 is 11.6 Å². The topological polar surface area (TPSA) is 60.5 Å². The van der Waals surface area contributed by atoms with Crippen molar-refractivity contribution in [1.82, 2.24) is 10.3 Å². The van der Waals surface area contributed by atoms with Gasteiger partial charge in [-0.1, -0.05) is 60.1 Å². The largest absolute Gasteiger partial charge is 0.496 e. The van der Waals surface area contributed by atoms with Crippen molar-refractivity contribution in [3.05, 3.63) is 130 Å². The predicted octanol–water partition coefficient (Wildman–Crippen LogP) is 7.61. The Morgan fingerprint density at radius 1 is 0.841 bits per heavy atom. The maximum absolute atomic E-state index is 15.0. The third-order valence-electron chi connectivity index (χ3n) is 7.06. The predicted molar refractivity (Wildman–Crippen MR) is 147 cm³/mol. The summed E-state index contributed by atoms with van der Waals surface area (Å²) in [7, 11) is 1.98. The smallest absolute Gasteiger partial charge is 0.430 e. The number of benzene rings is 3. The van der Waals surface area contributed by atoms with Crippen molar-refractivity contribution in [2.75, 3.05) is 14.2 Å². The molecule has 0 unspecified atom stereocenters. The Balaban J connectivity index is 2.09. The number of nitrogens with one attached hydrogen (secondary N) is 1. The molecule has 0 saturated carbocycles. The number of nitrogens with zero attached hydrogens (tertiary/aromatic N) is 1. The van der Waals surface area contributed by atoms with Gasteiger partial charge in [-0.2, -0.15) is 26.3 Å². The number of rotatable bonds is 9. The number of ether oxygens (including phenoxy) is 2. The van der Waals surface area contributed by atoms with Gasteiger partial charge in [0.25, 0.3) is 11.5 Å². The molecule has 4 aromatic rings. The van der Waals surface area contributed by atoms with Crippen molar-refractivity contribution in [3.8, 4) is 5.75 Å². The minimum Gasteiger partial charge on any atom is -0.496 e. The second-order valence-electron chi connectivity index (χ2n) is 9.69. The van der Waals surface area contributed by atoms with Gasteiger partial charge in [0.1, 0.15) is 17.1 Å². The molecule has 5 nitrogen and oxygen atoms in total. The van der Waals surface area contributed by atoms with Crippen LogP contribution in [-0.4, -0.2) is 31.3 Å². The molecule has 232 valence electrons. The van der Waals surface area contributed by atoms with Crippen LogP contribution in [0.25, 0.3) is 0 Å². The van der Waals surface area contributed by atoms with Gasteiger partial charge >= 0.3 is 12.4 Å². The van der Waals surface area contributed by atoms with E-state index in [4.69, 9.17) is 21.1 Å². The van der Waals surface area contributed by atoms with Gasteiger partial charge in [-0.3, -0.25) is 9.78 Å². The number of carbonyl (C=O) groups excluding carboxylic acids is 1. The summed E-state index contributed by atoms with van der Waals surface area (Å²) in [6.07, 6.45) is -9.88. The van der Waals surface area contributed by atoms with E-state index in [2.05, 4.69) is 10.3 Å². The van der Waals surface area contributed by atoms with Gasteiger partial charge < -0.3 is 14.8 Å². The van der Waals surface area contributed by atoms with Gasteiger partial charge in [-0.25, -0.2) is 4.39 Å². The summed E-state index contributed by atoms with van der Waals surface area (Å²) in [4.78, 5) is 18.3. The van der Waals surface area contributed by atoms with Gasteiger partial charge in [0.2, 0.25) is 0 Å². The summed E-state index contributed by atoms with van der Waals surface area (Å²) >= 11 is 6.02. The average Bonchev–Trinajstić information content (AvgIpc) is 2.97. The maximum atomic E-state index is 15.0. The highest BCUT2D eigenvalue weighted by Gasteiger charge is 2.64. The molecule has 0 spiro atoms. The third-order valence-corrected chi connectivity index (χ3v) is 7.29. The van der Waals surface area contributed by atoms with Crippen LogP contribution in [0.2, 0.25) is 5.02 Å².